The number of nitrogens with one attached hydrogen (secondary N) is 4. The maximum atomic E-state index is 11.4. The van der Waals surface area contributed by atoms with Gasteiger partial charge in [0.25, 0.3) is 0 Å². The molecule has 6 nitrogen and oxygen atoms in total. The summed E-state index contributed by atoms with van der Waals surface area (Å²) in [6, 6.07) is -0.213. The maximum absolute atomic E-state index is 11.4. The topological polar surface area (TPSA) is 86.2 Å². The fraction of sp³-hybridized carbons (Fsp3) is 0.778. The van der Waals surface area contributed by atoms with Crippen LogP contribution in [0.5, 0.6) is 0 Å². The van der Waals surface area contributed by atoms with E-state index in [2.05, 4.69) is 16.2 Å². The lowest BCUT2D eigenvalue weighted by Gasteiger charge is -2.22. The van der Waals surface area contributed by atoms with Crippen molar-refractivity contribution in [2.75, 3.05) is 19.7 Å². The number of hydrogen-bond donors (Lipinski definition) is 4. The number of carbonyl (C=O) groups is 1. The summed E-state index contributed by atoms with van der Waals surface area (Å²) in [6.45, 7) is 1.96. The average Bonchev–Trinajstić information content (AvgIpc) is 2.30. The minimum Gasteiger partial charge on any atom is -0.464 e. The first-order valence-corrected chi connectivity index (χ1v) is 5.22. The highest BCUT2D eigenvalue weighted by molar-refractivity contribution is 5.75. The van der Waals surface area contributed by atoms with Gasteiger partial charge in [-0.05, 0) is 19.3 Å². The molecule has 0 spiro atoms. The third-order valence-electron chi connectivity index (χ3n) is 2.17. The lowest BCUT2D eigenvalue weighted by Crippen LogP contribution is -2.50. The minimum atomic E-state index is -0.213. The van der Waals surface area contributed by atoms with Gasteiger partial charge in [-0.2, -0.15) is 0 Å². The van der Waals surface area contributed by atoms with Gasteiger partial charge >= 0.3 is 5.97 Å². The van der Waals surface area contributed by atoms with E-state index in [0.29, 0.717) is 13.2 Å². The molecule has 1 aliphatic heterocycles. The second-order valence-corrected chi connectivity index (χ2v) is 3.39. The first kappa shape index (κ1) is 11.9. The molecule has 1 saturated heterocycles. The largest absolute Gasteiger partial charge is 0.464 e. The summed E-state index contributed by atoms with van der Waals surface area (Å²) in [5, 5.41) is 9.44. The maximum Gasteiger partial charge on any atom is 0.324 e. The van der Waals surface area contributed by atoms with E-state index in [1.807, 2.05) is 0 Å². The molecule has 0 aliphatic carbocycles. The quantitative estimate of drug-likeness (QED) is 0.205. The average molecular weight is 214 g/mol. The van der Waals surface area contributed by atoms with E-state index in [0.717, 1.165) is 32.1 Å². The molecule has 1 fully saturated rings. The van der Waals surface area contributed by atoms with Crippen LogP contribution < -0.4 is 16.2 Å². The Morgan fingerprint density at radius 3 is 3.20 bits per heavy atom. The number of carbonyl (C=O) groups excluding carboxylic acids is 1. The summed E-state index contributed by atoms with van der Waals surface area (Å²) in [4.78, 5) is 11.4. The van der Waals surface area contributed by atoms with Gasteiger partial charge in [0.1, 0.15) is 6.04 Å². The number of ether oxygens (including phenoxy) is 1. The standard InChI is InChI=1S/C9H18N4O2/c10-7-11-4-2-6-15-9(14)8-3-1-5-12-13-8/h7-8,12-13H,1-6H2,(H2,10,11)/t8-/m0/s1. The fourth-order valence-corrected chi connectivity index (χ4v) is 1.36. The third kappa shape index (κ3) is 4.75. The van der Waals surface area contributed by atoms with Crippen LogP contribution >= 0.6 is 0 Å². The predicted molar refractivity (Wildman–Crippen MR) is 56.5 cm³/mol. The third-order valence-corrected chi connectivity index (χ3v) is 2.17. The first-order valence-electron chi connectivity index (χ1n) is 5.22. The highest BCUT2D eigenvalue weighted by Crippen LogP contribution is 2.02. The number of hydrazine groups is 1. The van der Waals surface area contributed by atoms with Crippen LogP contribution in [-0.2, 0) is 9.53 Å². The molecular weight excluding hydrogens is 196 g/mol. The Bertz CT molecular complexity index is 204. The molecule has 6 heteroatoms. The molecule has 1 heterocycles. The molecule has 1 atom stereocenters. The van der Waals surface area contributed by atoms with Gasteiger partial charge in [-0.3, -0.25) is 15.6 Å². The van der Waals surface area contributed by atoms with E-state index >= 15 is 0 Å². The molecule has 0 bridgehead atoms. The van der Waals surface area contributed by atoms with Gasteiger partial charge in [-0.25, -0.2) is 5.43 Å². The van der Waals surface area contributed by atoms with Crippen LogP contribution in [0.1, 0.15) is 19.3 Å². The van der Waals surface area contributed by atoms with Crippen molar-refractivity contribution < 1.29 is 9.53 Å². The summed E-state index contributed by atoms with van der Waals surface area (Å²) in [5.74, 6) is -0.197. The van der Waals surface area contributed by atoms with Crippen LogP contribution in [0, 0.1) is 5.41 Å². The fourth-order valence-electron chi connectivity index (χ4n) is 1.36. The Morgan fingerprint density at radius 1 is 1.67 bits per heavy atom. The molecule has 0 saturated carbocycles. The number of hydrogen-bond acceptors (Lipinski definition) is 5. The van der Waals surface area contributed by atoms with Crippen molar-refractivity contribution in [2.45, 2.75) is 25.3 Å². The van der Waals surface area contributed by atoms with Gasteiger partial charge in [-0.15, -0.1) is 0 Å². The van der Waals surface area contributed by atoms with Crippen LogP contribution in [0.3, 0.4) is 0 Å². The zero-order valence-corrected chi connectivity index (χ0v) is 8.71. The molecular formula is C9H18N4O2. The van der Waals surface area contributed by atoms with Crippen molar-refractivity contribution in [3.8, 4) is 0 Å². The zero-order valence-electron chi connectivity index (χ0n) is 8.71. The molecule has 1 aliphatic rings. The second kappa shape index (κ2) is 7.19. The van der Waals surface area contributed by atoms with Crippen molar-refractivity contribution in [1.29, 1.82) is 5.41 Å². The highest BCUT2D eigenvalue weighted by atomic mass is 16.5. The van der Waals surface area contributed by atoms with Crippen LogP contribution in [0.15, 0.2) is 0 Å². The van der Waals surface area contributed by atoms with E-state index in [4.69, 9.17) is 10.1 Å². The van der Waals surface area contributed by atoms with E-state index in [1.54, 1.807) is 0 Å². The Hall–Kier alpha value is -1.14. The Labute approximate surface area is 89.2 Å². The molecule has 86 valence electrons. The molecule has 0 radical (unpaired) electrons. The van der Waals surface area contributed by atoms with Crippen molar-refractivity contribution in [3.05, 3.63) is 0 Å². The molecule has 1 rings (SSSR count). The van der Waals surface area contributed by atoms with Crippen LogP contribution in [0.25, 0.3) is 0 Å². The molecule has 4 N–H and O–H groups in total. The van der Waals surface area contributed by atoms with E-state index in [-0.39, 0.29) is 12.0 Å². The second-order valence-electron chi connectivity index (χ2n) is 3.39. The van der Waals surface area contributed by atoms with Gasteiger partial charge in [0, 0.05) is 13.1 Å². The number of esters is 1. The Balaban J connectivity index is 2.04. The molecule has 0 aromatic carbocycles. The normalized spacial score (nSPS) is 20.7. The van der Waals surface area contributed by atoms with E-state index in [9.17, 15) is 4.79 Å². The minimum absolute atomic E-state index is 0.197. The lowest BCUT2D eigenvalue weighted by molar-refractivity contribution is -0.147. The number of rotatable bonds is 6. The van der Waals surface area contributed by atoms with Crippen molar-refractivity contribution in [2.24, 2.45) is 0 Å². The molecule has 0 aromatic rings. The van der Waals surface area contributed by atoms with Crippen molar-refractivity contribution in [3.63, 3.8) is 0 Å². The van der Waals surface area contributed by atoms with E-state index in [1.165, 1.54) is 0 Å². The molecule has 15 heavy (non-hydrogen) atoms. The first-order chi connectivity index (χ1) is 7.34. The lowest BCUT2D eigenvalue weighted by atomic mass is 10.1. The van der Waals surface area contributed by atoms with E-state index < -0.39 is 0 Å². The summed E-state index contributed by atoms with van der Waals surface area (Å²) >= 11 is 0. The van der Waals surface area contributed by atoms with Crippen LogP contribution in [0.4, 0.5) is 0 Å². The summed E-state index contributed by atoms with van der Waals surface area (Å²) in [7, 11) is 0. The smallest absolute Gasteiger partial charge is 0.324 e. The van der Waals surface area contributed by atoms with Gasteiger partial charge in [-0.1, -0.05) is 0 Å². The van der Waals surface area contributed by atoms with Crippen molar-refractivity contribution >= 4 is 12.3 Å². The van der Waals surface area contributed by atoms with Gasteiger partial charge < -0.3 is 10.1 Å². The monoisotopic (exact) mass is 214 g/mol. The SMILES string of the molecule is N=CNCCCOC(=O)[C@@H]1CCCNN1. The molecule has 0 unspecified atom stereocenters. The summed E-state index contributed by atoms with van der Waals surface area (Å²) < 4.78 is 5.07. The zero-order chi connectivity index (χ0) is 10.9. The Kier molecular flexibility index (Phi) is 5.72. The molecule has 0 aromatic heterocycles. The molecule has 0 amide bonds. The predicted octanol–water partition coefficient (Wildman–Crippen LogP) is -0.627. The Morgan fingerprint density at radius 2 is 2.53 bits per heavy atom. The van der Waals surface area contributed by atoms with Crippen molar-refractivity contribution in [1.82, 2.24) is 16.2 Å². The van der Waals surface area contributed by atoms with Crippen LogP contribution in [-0.4, -0.2) is 38.0 Å². The van der Waals surface area contributed by atoms with Gasteiger partial charge in [0.2, 0.25) is 0 Å². The summed E-state index contributed by atoms with van der Waals surface area (Å²) in [5.41, 5.74) is 5.83. The van der Waals surface area contributed by atoms with Gasteiger partial charge in [0.05, 0.1) is 12.9 Å². The highest BCUT2D eigenvalue weighted by Gasteiger charge is 2.21. The van der Waals surface area contributed by atoms with Crippen LogP contribution in [0.2, 0.25) is 0 Å². The summed E-state index contributed by atoms with van der Waals surface area (Å²) in [6.07, 6.45) is 3.67. The van der Waals surface area contributed by atoms with Gasteiger partial charge in [0.15, 0.2) is 0 Å².